The van der Waals surface area contributed by atoms with Crippen LogP contribution in [0, 0.1) is 0 Å². The number of hydrogen-bond donors (Lipinski definition) is 0. The van der Waals surface area contributed by atoms with Crippen molar-refractivity contribution in [2.24, 2.45) is 0 Å². The number of fused-ring (bicyclic) bond motifs is 8. The average Bonchev–Trinajstić information content (AvgIpc) is 3.05. The van der Waals surface area contributed by atoms with Gasteiger partial charge in [-0.15, -0.1) is 0 Å². The molecule has 0 fully saturated rings. The molecule has 4 aliphatic rings. The lowest BCUT2D eigenvalue weighted by molar-refractivity contribution is 0.460. The van der Waals surface area contributed by atoms with Crippen molar-refractivity contribution < 1.29 is 18.9 Å². The molecular weight excluding hydrogens is 518 g/mol. The minimum atomic E-state index is 0.00318. The molecule has 0 saturated carbocycles. The first-order valence-electron chi connectivity index (χ1n) is 14.2. The Morgan fingerprint density at radius 2 is 0.643 bits per heavy atom. The maximum absolute atomic E-state index is 6.77. The summed E-state index contributed by atoms with van der Waals surface area (Å²) in [4.78, 5) is 0. The molecule has 10 rings (SSSR count). The lowest BCUT2D eigenvalue weighted by atomic mass is 9.34. The van der Waals surface area contributed by atoms with E-state index >= 15 is 0 Å². The van der Waals surface area contributed by atoms with E-state index in [1.807, 2.05) is 36.4 Å². The van der Waals surface area contributed by atoms with E-state index < -0.39 is 0 Å². The predicted octanol–water partition coefficient (Wildman–Crippen LogP) is 4.81. The van der Waals surface area contributed by atoms with Gasteiger partial charge in [0.25, 0.3) is 13.4 Å². The van der Waals surface area contributed by atoms with Crippen molar-refractivity contribution in [3.05, 3.63) is 121 Å². The summed E-state index contributed by atoms with van der Waals surface area (Å²) in [5.74, 6) is 6.73. The second-order valence-corrected chi connectivity index (χ2v) is 11.1. The van der Waals surface area contributed by atoms with Crippen LogP contribution in [0.2, 0.25) is 0 Å². The SMILES string of the molecule is c1ccc2c(c1)Oc1ccc(-c3ccc4c5c3Oc3ccccc3B5c3ccccc3O4)c3c1B2c1ccccc1O3. The van der Waals surface area contributed by atoms with E-state index in [2.05, 4.69) is 84.9 Å². The van der Waals surface area contributed by atoms with E-state index in [1.165, 1.54) is 0 Å². The van der Waals surface area contributed by atoms with Crippen LogP contribution in [0.1, 0.15) is 0 Å². The van der Waals surface area contributed by atoms with Crippen LogP contribution in [0.4, 0.5) is 0 Å². The van der Waals surface area contributed by atoms with Crippen molar-refractivity contribution in [2.45, 2.75) is 0 Å². The highest BCUT2D eigenvalue weighted by molar-refractivity contribution is 6.99. The average molecular weight is 538 g/mol. The Bertz CT molecular complexity index is 1960. The Hall–Kier alpha value is -5.35. The Morgan fingerprint density at radius 3 is 1.02 bits per heavy atom. The molecule has 0 spiro atoms. The van der Waals surface area contributed by atoms with Crippen LogP contribution in [-0.2, 0) is 0 Å². The highest BCUT2D eigenvalue weighted by atomic mass is 16.5. The summed E-state index contributed by atoms with van der Waals surface area (Å²) in [7, 11) is 0. The van der Waals surface area contributed by atoms with Crippen LogP contribution in [0.25, 0.3) is 11.1 Å². The molecule has 6 heteroatoms. The minimum Gasteiger partial charge on any atom is -0.458 e. The lowest BCUT2D eigenvalue weighted by Gasteiger charge is -2.36. The number of para-hydroxylation sites is 4. The van der Waals surface area contributed by atoms with Crippen molar-refractivity contribution in [1.82, 2.24) is 0 Å². The van der Waals surface area contributed by atoms with E-state index in [4.69, 9.17) is 18.9 Å². The largest absolute Gasteiger partial charge is 0.458 e. The zero-order valence-corrected chi connectivity index (χ0v) is 22.3. The molecule has 0 amide bonds. The van der Waals surface area contributed by atoms with Gasteiger partial charge < -0.3 is 18.9 Å². The third kappa shape index (κ3) is 2.88. The molecule has 4 aliphatic heterocycles. The van der Waals surface area contributed by atoms with Crippen LogP contribution < -0.4 is 51.7 Å². The first-order chi connectivity index (χ1) is 20.8. The highest BCUT2D eigenvalue weighted by Gasteiger charge is 2.44. The first kappa shape index (κ1) is 22.4. The van der Waals surface area contributed by atoms with Gasteiger partial charge in [0.2, 0.25) is 0 Å². The Balaban J connectivity index is 1.24. The third-order valence-corrected chi connectivity index (χ3v) is 8.96. The van der Waals surface area contributed by atoms with Gasteiger partial charge in [0.05, 0.1) is 0 Å². The smallest absolute Gasteiger partial charge is 0.260 e. The Morgan fingerprint density at radius 1 is 0.310 bits per heavy atom. The zero-order chi connectivity index (χ0) is 27.4. The lowest BCUT2D eigenvalue weighted by Crippen LogP contribution is -2.57. The van der Waals surface area contributed by atoms with Gasteiger partial charge in [-0.3, -0.25) is 0 Å². The molecule has 0 atom stereocenters. The molecule has 0 radical (unpaired) electrons. The van der Waals surface area contributed by atoms with Crippen molar-refractivity contribution in [1.29, 1.82) is 0 Å². The van der Waals surface area contributed by atoms with E-state index in [0.29, 0.717) is 0 Å². The monoisotopic (exact) mass is 538 g/mol. The maximum atomic E-state index is 6.77. The Kier molecular flexibility index (Phi) is 4.32. The van der Waals surface area contributed by atoms with Gasteiger partial charge in [-0.1, -0.05) is 72.8 Å². The second-order valence-electron chi connectivity index (χ2n) is 11.1. The first-order valence-corrected chi connectivity index (χ1v) is 14.2. The molecular formula is C36H20B2O4. The summed E-state index contributed by atoms with van der Waals surface area (Å²) in [6.45, 7) is 0.00636. The zero-order valence-electron chi connectivity index (χ0n) is 22.3. The summed E-state index contributed by atoms with van der Waals surface area (Å²) in [6, 6.07) is 41.6. The Labute approximate surface area is 243 Å². The van der Waals surface area contributed by atoms with Gasteiger partial charge in [-0.25, -0.2) is 0 Å². The van der Waals surface area contributed by atoms with Gasteiger partial charge in [0.15, 0.2) is 0 Å². The van der Waals surface area contributed by atoms with Crippen molar-refractivity contribution in [2.75, 3.05) is 0 Å². The summed E-state index contributed by atoms with van der Waals surface area (Å²) in [5.41, 5.74) is 8.58. The predicted molar refractivity (Wildman–Crippen MR) is 167 cm³/mol. The molecule has 0 saturated heterocycles. The molecule has 194 valence electrons. The van der Waals surface area contributed by atoms with Crippen molar-refractivity contribution in [3.63, 3.8) is 0 Å². The summed E-state index contributed by atoms with van der Waals surface area (Å²) in [5, 5.41) is 0. The molecule has 4 heterocycles. The summed E-state index contributed by atoms with van der Waals surface area (Å²) in [6.07, 6.45) is 0. The van der Waals surface area contributed by atoms with Gasteiger partial charge in [-0.2, -0.15) is 0 Å². The quantitative estimate of drug-likeness (QED) is 0.282. The third-order valence-electron chi connectivity index (χ3n) is 8.96. The summed E-state index contributed by atoms with van der Waals surface area (Å²) < 4.78 is 26.5. The fourth-order valence-corrected chi connectivity index (χ4v) is 7.19. The number of benzene rings is 6. The topological polar surface area (TPSA) is 36.9 Å². The molecule has 6 aromatic carbocycles. The van der Waals surface area contributed by atoms with Gasteiger partial charge in [0, 0.05) is 22.1 Å². The fraction of sp³-hybridized carbons (Fsp3) is 0. The number of ether oxygens (including phenoxy) is 4. The van der Waals surface area contributed by atoms with E-state index in [9.17, 15) is 0 Å². The van der Waals surface area contributed by atoms with E-state index in [1.54, 1.807) is 0 Å². The minimum absolute atomic E-state index is 0.00318. The molecule has 6 aromatic rings. The number of hydrogen-bond acceptors (Lipinski definition) is 4. The van der Waals surface area contributed by atoms with Crippen molar-refractivity contribution >= 4 is 46.2 Å². The fourth-order valence-electron chi connectivity index (χ4n) is 7.19. The normalized spacial score (nSPS) is 13.9. The molecule has 0 unspecified atom stereocenters. The second kappa shape index (κ2) is 8.11. The summed E-state index contributed by atoms with van der Waals surface area (Å²) >= 11 is 0. The highest BCUT2D eigenvalue weighted by Crippen LogP contribution is 2.46. The molecule has 42 heavy (non-hydrogen) atoms. The van der Waals surface area contributed by atoms with Gasteiger partial charge in [0.1, 0.15) is 46.0 Å². The molecule has 0 aliphatic carbocycles. The van der Waals surface area contributed by atoms with Crippen LogP contribution in [0.3, 0.4) is 0 Å². The van der Waals surface area contributed by atoms with Crippen LogP contribution in [0.5, 0.6) is 46.0 Å². The van der Waals surface area contributed by atoms with Crippen molar-refractivity contribution in [3.8, 4) is 57.1 Å². The van der Waals surface area contributed by atoms with E-state index in [0.717, 1.165) is 89.9 Å². The van der Waals surface area contributed by atoms with Gasteiger partial charge in [-0.05, 0) is 70.4 Å². The van der Waals surface area contributed by atoms with Crippen LogP contribution in [0.15, 0.2) is 121 Å². The molecule has 0 N–H and O–H groups in total. The van der Waals surface area contributed by atoms with Crippen LogP contribution in [-0.4, -0.2) is 13.4 Å². The standard InChI is InChI=1S/C36H20B2O4/c1-5-13-27-23(9-1)37-25-11-3-7-15-29(25)41-35-21(17-19-31(39-27)33(35)37)22-18-20-32-34-36(22)42-30-16-8-4-12-26(30)38(34)24-10-2-6-14-28(24)40-32/h1-20H. The number of rotatable bonds is 1. The molecule has 0 bridgehead atoms. The van der Waals surface area contributed by atoms with Crippen LogP contribution >= 0.6 is 0 Å². The molecule has 4 nitrogen and oxygen atoms in total. The maximum Gasteiger partial charge on any atom is 0.260 e. The molecule has 0 aromatic heterocycles. The van der Waals surface area contributed by atoms with Gasteiger partial charge >= 0.3 is 0 Å². The van der Waals surface area contributed by atoms with E-state index in [-0.39, 0.29) is 13.4 Å².